The maximum Gasteiger partial charge on any atom is 0.123 e. The monoisotopic (exact) mass is 549 g/mol. The van der Waals surface area contributed by atoms with Gasteiger partial charge in [-0.05, 0) is 42.9 Å². The van der Waals surface area contributed by atoms with Crippen LogP contribution >= 0.6 is 0 Å². The normalized spacial score (nSPS) is 12.3. The van der Waals surface area contributed by atoms with Gasteiger partial charge in [-0.15, -0.1) is 0 Å². The summed E-state index contributed by atoms with van der Waals surface area (Å²) in [4.78, 5) is 0. The Morgan fingerprint density at radius 1 is 0.667 bits per heavy atom. The molecule has 3 N–H and O–H groups in total. The van der Waals surface area contributed by atoms with Crippen molar-refractivity contribution < 1.29 is 19.7 Å². The van der Waals surface area contributed by atoms with E-state index in [1.54, 1.807) is 0 Å². The summed E-state index contributed by atoms with van der Waals surface area (Å²) in [7, 11) is 0. The molecular formula is C34H63NO4. The lowest BCUT2D eigenvalue weighted by Crippen LogP contribution is -2.38. The molecule has 228 valence electrons. The Morgan fingerprint density at radius 3 is 1.74 bits per heavy atom. The number of benzene rings is 1. The van der Waals surface area contributed by atoms with Crippen LogP contribution in [-0.4, -0.2) is 49.2 Å². The quantitative estimate of drug-likeness (QED) is 0.0918. The molecule has 1 rings (SSSR count). The van der Waals surface area contributed by atoms with E-state index in [1.807, 2.05) is 6.07 Å². The molecule has 0 heterocycles. The molecule has 0 aliphatic rings. The predicted molar refractivity (Wildman–Crippen MR) is 166 cm³/mol. The van der Waals surface area contributed by atoms with Crippen molar-refractivity contribution in [3.63, 3.8) is 0 Å². The molecule has 1 unspecified atom stereocenters. The van der Waals surface area contributed by atoms with Crippen molar-refractivity contribution in [2.75, 3.05) is 33.0 Å². The Hall–Kier alpha value is -1.30. The summed E-state index contributed by atoms with van der Waals surface area (Å²) < 4.78 is 12.3. The van der Waals surface area contributed by atoms with Crippen LogP contribution in [0.5, 0.6) is 11.5 Å². The SMILES string of the molecule is CCCCCCCCCCCCCCCc1cc(OCCNC(CO)CO)cc(OCC(CC)CCCC)c1. The minimum absolute atomic E-state index is 0.0836. The topological polar surface area (TPSA) is 71.0 Å². The molecule has 0 amide bonds. The average molecular weight is 550 g/mol. The van der Waals surface area contributed by atoms with Crippen LogP contribution in [0.2, 0.25) is 0 Å². The summed E-state index contributed by atoms with van der Waals surface area (Å²) in [6, 6.07) is 6.06. The Balaban J connectivity index is 2.44. The minimum Gasteiger partial charge on any atom is -0.493 e. The number of aliphatic hydroxyl groups is 2. The fourth-order valence-electron chi connectivity index (χ4n) is 5.02. The molecule has 0 aromatic heterocycles. The third-order valence-electron chi connectivity index (χ3n) is 7.78. The number of hydrogen-bond acceptors (Lipinski definition) is 5. The highest BCUT2D eigenvalue weighted by Gasteiger charge is 2.10. The summed E-state index contributed by atoms with van der Waals surface area (Å²) in [5, 5.41) is 21.6. The lowest BCUT2D eigenvalue weighted by molar-refractivity contribution is 0.166. The molecule has 0 saturated carbocycles. The van der Waals surface area contributed by atoms with Gasteiger partial charge in [-0.1, -0.05) is 117 Å². The van der Waals surface area contributed by atoms with Gasteiger partial charge in [0.15, 0.2) is 0 Å². The van der Waals surface area contributed by atoms with Crippen molar-refractivity contribution in [1.82, 2.24) is 5.32 Å². The number of aryl methyl sites for hydroxylation is 1. The summed E-state index contributed by atoms with van der Waals surface area (Å²) >= 11 is 0. The molecule has 5 nitrogen and oxygen atoms in total. The molecule has 0 aliphatic carbocycles. The molecular weight excluding hydrogens is 486 g/mol. The summed E-state index contributed by atoms with van der Waals surface area (Å²) in [6.45, 7) is 8.42. The first kappa shape index (κ1) is 35.7. The number of ether oxygens (including phenoxy) is 2. The van der Waals surface area contributed by atoms with E-state index in [-0.39, 0.29) is 19.3 Å². The molecule has 1 aromatic carbocycles. The van der Waals surface area contributed by atoms with Gasteiger partial charge in [-0.25, -0.2) is 0 Å². The third-order valence-corrected chi connectivity index (χ3v) is 7.78. The maximum absolute atomic E-state index is 9.23. The highest BCUT2D eigenvalue weighted by Crippen LogP contribution is 2.26. The number of hydrogen-bond donors (Lipinski definition) is 3. The van der Waals surface area contributed by atoms with Crippen LogP contribution in [0.3, 0.4) is 0 Å². The van der Waals surface area contributed by atoms with Crippen LogP contribution in [0, 0.1) is 5.92 Å². The summed E-state index contributed by atoms with van der Waals surface area (Å²) in [5.41, 5.74) is 1.28. The second kappa shape index (κ2) is 25.7. The lowest BCUT2D eigenvalue weighted by atomic mass is 10.0. The van der Waals surface area contributed by atoms with E-state index in [1.165, 1.54) is 108 Å². The van der Waals surface area contributed by atoms with Crippen LogP contribution in [-0.2, 0) is 6.42 Å². The summed E-state index contributed by atoms with van der Waals surface area (Å²) in [6.07, 6.45) is 23.7. The molecule has 0 aliphatic heterocycles. The van der Waals surface area contributed by atoms with Crippen molar-refractivity contribution in [2.24, 2.45) is 5.92 Å². The van der Waals surface area contributed by atoms with Crippen molar-refractivity contribution in [3.05, 3.63) is 23.8 Å². The molecule has 1 atom stereocenters. The lowest BCUT2D eigenvalue weighted by Gasteiger charge is -2.18. The second-order valence-corrected chi connectivity index (χ2v) is 11.4. The molecule has 0 fully saturated rings. The van der Waals surface area contributed by atoms with Gasteiger partial charge in [0, 0.05) is 12.6 Å². The van der Waals surface area contributed by atoms with Crippen LogP contribution in [0.1, 0.15) is 135 Å². The van der Waals surface area contributed by atoms with Gasteiger partial charge in [-0.3, -0.25) is 0 Å². The number of unbranched alkanes of at least 4 members (excludes halogenated alkanes) is 13. The largest absolute Gasteiger partial charge is 0.493 e. The minimum atomic E-state index is -0.302. The zero-order valence-corrected chi connectivity index (χ0v) is 25.9. The number of nitrogens with one attached hydrogen (secondary N) is 1. The fraction of sp³-hybridized carbons (Fsp3) is 0.824. The van der Waals surface area contributed by atoms with Crippen LogP contribution in [0.25, 0.3) is 0 Å². The van der Waals surface area contributed by atoms with Gasteiger partial charge in [0.2, 0.25) is 0 Å². The highest BCUT2D eigenvalue weighted by atomic mass is 16.5. The molecule has 0 spiro atoms. The van der Waals surface area contributed by atoms with Crippen molar-refractivity contribution in [2.45, 2.75) is 142 Å². The first-order chi connectivity index (χ1) is 19.2. The zero-order chi connectivity index (χ0) is 28.4. The fourth-order valence-corrected chi connectivity index (χ4v) is 5.02. The van der Waals surface area contributed by atoms with E-state index in [9.17, 15) is 10.2 Å². The zero-order valence-electron chi connectivity index (χ0n) is 25.9. The molecule has 39 heavy (non-hydrogen) atoms. The molecule has 0 bridgehead atoms. The first-order valence-electron chi connectivity index (χ1n) is 16.5. The van der Waals surface area contributed by atoms with Gasteiger partial charge in [0.1, 0.15) is 18.1 Å². The smallest absolute Gasteiger partial charge is 0.123 e. The van der Waals surface area contributed by atoms with E-state index in [0.29, 0.717) is 19.1 Å². The maximum atomic E-state index is 9.23. The van der Waals surface area contributed by atoms with E-state index >= 15 is 0 Å². The summed E-state index contributed by atoms with van der Waals surface area (Å²) in [5.74, 6) is 2.34. The van der Waals surface area contributed by atoms with Crippen molar-refractivity contribution in [3.8, 4) is 11.5 Å². The van der Waals surface area contributed by atoms with Crippen molar-refractivity contribution in [1.29, 1.82) is 0 Å². The first-order valence-corrected chi connectivity index (χ1v) is 16.5. The van der Waals surface area contributed by atoms with E-state index in [2.05, 4.69) is 38.2 Å². The highest BCUT2D eigenvalue weighted by molar-refractivity contribution is 5.38. The predicted octanol–water partition coefficient (Wildman–Crippen LogP) is 8.24. The van der Waals surface area contributed by atoms with E-state index < -0.39 is 0 Å². The van der Waals surface area contributed by atoms with Crippen LogP contribution < -0.4 is 14.8 Å². The van der Waals surface area contributed by atoms with Crippen LogP contribution in [0.15, 0.2) is 18.2 Å². The van der Waals surface area contributed by atoms with Crippen LogP contribution in [0.4, 0.5) is 0 Å². The van der Waals surface area contributed by atoms with E-state index in [4.69, 9.17) is 9.47 Å². The Bertz CT molecular complexity index is 665. The van der Waals surface area contributed by atoms with E-state index in [0.717, 1.165) is 30.9 Å². The average Bonchev–Trinajstić information content (AvgIpc) is 2.95. The van der Waals surface area contributed by atoms with Gasteiger partial charge in [-0.2, -0.15) is 0 Å². The van der Waals surface area contributed by atoms with Gasteiger partial charge >= 0.3 is 0 Å². The Labute approximate surface area is 241 Å². The van der Waals surface area contributed by atoms with Gasteiger partial charge in [0.05, 0.1) is 25.9 Å². The Morgan fingerprint density at radius 2 is 1.21 bits per heavy atom. The number of aliphatic hydroxyl groups excluding tert-OH is 2. The molecule has 0 saturated heterocycles. The van der Waals surface area contributed by atoms with Gasteiger partial charge in [0.25, 0.3) is 0 Å². The molecule has 0 radical (unpaired) electrons. The van der Waals surface area contributed by atoms with Crippen molar-refractivity contribution >= 4 is 0 Å². The second-order valence-electron chi connectivity index (χ2n) is 11.4. The Kier molecular flexibility index (Phi) is 23.5. The standard InChI is InChI=1S/C34H63NO4/c1-4-7-9-10-11-12-13-14-15-16-17-18-19-21-31-24-33(38-23-22-35-32(27-36)28-37)26-34(25-31)39-29-30(6-3)20-8-5-2/h24-26,30,32,35-37H,4-23,27-29H2,1-3H3. The van der Waals surface area contributed by atoms with Gasteiger partial charge < -0.3 is 25.0 Å². The third kappa shape index (κ3) is 19.4. The molecule has 1 aromatic rings. The number of rotatable bonds is 28. The molecule has 5 heteroatoms.